The van der Waals surface area contributed by atoms with Crippen molar-refractivity contribution in [1.29, 1.82) is 0 Å². The van der Waals surface area contributed by atoms with Crippen molar-refractivity contribution in [3.63, 3.8) is 0 Å². The van der Waals surface area contributed by atoms with E-state index < -0.39 is 65.0 Å². The third kappa shape index (κ3) is 6.34. The standard InChI is InChI=1S/C21H18F7N9O3/c1-10(33-13-7-32-35-16(39)15(13)21(26,27)28)9-40-17-12(22)6-31-19(34-17)37-3-2-36(8-14(37)38)18-29-4-11(5-30-18)20(23,24)25/h4-7,10H,2-3,8-9H2,1H3,(H2,33,35,39). The van der Waals surface area contributed by atoms with Gasteiger partial charge in [0.2, 0.25) is 23.6 Å². The molecule has 4 rings (SSSR count). The van der Waals surface area contributed by atoms with Crippen molar-refractivity contribution in [1.82, 2.24) is 30.1 Å². The van der Waals surface area contributed by atoms with Gasteiger partial charge in [-0.05, 0) is 6.92 Å². The molecule has 214 valence electrons. The predicted molar refractivity (Wildman–Crippen MR) is 122 cm³/mol. The molecule has 12 nitrogen and oxygen atoms in total. The normalized spacial score (nSPS) is 15.2. The smallest absolute Gasteiger partial charge is 0.423 e. The Morgan fingerprint density at radius 3 is 2.30 bits per heavy atom. The highest BCUT2D eigenvalue weighted by Crippen LogP contribution is 2.32. The number of ether oxygens (including phenoxy) is 1. The first-order valence-electron chi connectivity index (χ1n) is 11.3. The number of piperazine rings is 1. The van der Waals surface area contributed by atoms with E-state index in [1.54, 1.807) is 5.10 Å². The average molecular weight is 577 g/mol. The lowest BCUT2D eigenvalue weighted by Gasteiger charge is -2.33. The molecule has 0 bridgehead atoms. The van der Waals surface area contributed by atoms with Crippen LogP contribution in [0.1, 0.15) is 18.1 Å². The average Bonchev–Trinajstić information content (AvgIpc) is 2.87. The van der Waals surface area contributed by atoms with E-state index in [9.17, 15) is 40.3 Å². The van der Waals surface area contributed by atoms with Gasteiger partial charge in [-0.15, -0.1) is 0 Å². The molecular formula is C21H18F7N9O3. The summed E-state index contributed by atoms with van der Waals surface area (Å²) in [6.45, 7) is 0.676. The Morgan fingerprint density at radius 1 is 1.00 bits per heavy atom. The topological polar surface area (TPSA) is 142 Å². The van der Waals surface area contributed by atoms with E-state index in [-0.39, 0.29) is 31.5 Å². The SMILES string of the molecule is CC(COc1nc(N2CCN(c3ncc(C(F)(F)F)cn3)CC2=O)ncc1F)Nc1cn[nH]c(=O)c1C(F)(F)F. The van der Waals surface area contributed by atoms with E-state index in [4.69, 9.17) is 4.74 Å². The summed E-state index contributed by atoms with van der Waals surface area (Å²) >= 11 is 0. The number of amides is 1. The molecule has 4 heterocycles. The number of aromatic amines is 1. The molecule has 1 aliphatic heterocycles. The van der Waals surface area contributed by atoms with Crippen LogP contribution in [0.25, 0.3) is 0 Å². The molecule has 19 heteroatoms. The van der Waals surface area contributed by atoms with Crippen molar-refractivity contribution in [3.05, 3.63) is 52.1 Å². The van der Waals surface area contributed by atoms with Gasteiger partial charge in [0.25, 0.3) is 11.4 Å². The van der Waals surface area contributed by atoms with Gasteiger partial charge < -0.3 is 15.0 Å². The van der Waals surface area contributed by atoms with Gasteiger partial charge in [0.1, 0.15) is 18.7 Å². The van der Waals surface area contributed by atoms with Gasteiger partial charge >= 0.3 is 12.4 Å². The van der Waals surface area contributed by atoms with Crippen LogP contribution < -0.4 is 25.4 Å². The van der Waals surface area contributed by atoms with E-state index >= 15 is 0 Å². The van der Waals surface area contributed by atoms with Crippen LogP contribution in [0.3, 0.4) is 0 Å². The first-order chi connectivity index (χ1) is 18.7. The van der Waals surface area contributed by atoms with E-state index in [2.05, 4.69) is 30.4 Å². The lowest BCUT2D eigenvalue weighted by molar-refractivity contribution is -0.139. The van der Waals surface area contributed by atoms with Crippen LogP contribution in [0.2, 0.25) is 0 Å². The molecule has 1 amide bonds. The number of alkyl halides is 6. The van der Waals surface area contributed by atoms with Gasteiger partial charge in [0, 0.05) is 25.5 Å². The number of carbonyl (C=O) groups is 1. The molecule has 1 atom stereocenters. The van der Waals surface area contributed by atoms with Crippen molar-refractivity contribution < 1.29 is 40.3 Å². The van der Waals surface area contributed by atoms with Gasteiger partial charge in [-0.25, -0.2) is 20.1 Å². The fourth-order valence-electron chi connectivity index (χ4n) is 3.56. The molecule has 0 aliphatic carbocycles. The number of nitrogens with zero attached hydrogens (tertiary/aromatic N) is 7. The summed E-state index contributed by atoms with van der Waals surface area (Å²) in [5, 5.41) is 7.46. The molecule has 3 aromatic heterocycles. The molecular weight excluding hydrogens is 559 g/mol. The molecule has 1 aliphatic rings. The van der Waals surface area contributed by atoms with Crippen molar-refractivity contribution in [2.24, 2.45) is 0 Å². The molecule has 0 radical (unpaired) electrons. The molecule has 0 saturated carbocycles. The van der Waals surface area contributed by atoms with E-state index in [0.717, 1.165) is 17.3 Å². The monoisotopic (exact) mass is 577 g/mol. The quantitative estimate of drug-likeness (QED) is 0.402. The highest BCUT2D eigenvalue weighted by Gasteiger charge is 2.38. The second-order valence-electron chi connectivity index (χ2n) is 8.40. The highest BCUT2D eigenvalue weighted by atomic mass is 19.4. The van der Waals surface area contributed by atoms with Crippen LogP contribution in [0.5, 0.6) is 5.88 Å². The van der Waals surface area contributed by atoms with Gasteiger partial charge in [0.05, 0.1) is 29.7 Å². The molecule has 40 heavy (non-hydrogen) atoms. The Balaban J connectivity index is 1.40. The van der Waals surface area contributed by atoms with Crippen LogP contribution in [0, 0.1) is 5.82 Å². The summed E-state index contributed by atoms with van der Waals surface area (Å²) in [6.07, 6.45) is -6.90. The summed E-state index contributed by atoms with van der Waals surface area (Å²) in [5.41, 5.74) is -4.61. The van der Waals surface area contributed by atoms with Crippen LogP contribution in [0.4, 0.5) is 48.3 Å². The molecule has 0 spiro atoms. The van der Waals surface area contributed by atoms with Crippen LogP contribution in [0.15, 0.2) is 29.6 Å². The van der Waals surface area contributed by atoms with Crippen molar-refractivity contribution in [2.75, 3.05) is 41.4 Å². The number of hydrogen-bond donors (Lipinski definition) is 2. The lowest BCUT2D eigenvalue weighted by Crippen LogP contribution is -2.51. The maximum Gasteiger partial charge on any atom is 0.423 e. The number of rotatable bonds is 7. The fourth-order valence-corrected chi connectivity index (χ4v) is 3.56. The minimum atomic E-state index is -4.97. The maximum atomic E-state index is 14.3. The van der Waals surface area contributed by atoms with Gasteiger partial charge in [-0.3, -0.25) is 14.5 Å². The number of H-pyrrole nitrogens is 1. The zero-order chi connectivity index (χ0) is 29.2. The minimum absolute atomic E-state index is 0.0536. The number of anilines is 3. The predicted octanol–water partition coefficient (Wildman–Crippen LogP) is 2.26. The van der Waals surface area contributed by atoms with Crippen LogP contribution in [-0.2, 0) is 17.1 Å². The molecule has 1 unspecified atom stereocenters. The Hall–Kier alpha value is -4.58. The third-order valence-electron chi connectivity index (χ3n) is 5.42. The lowest BCUT2D eigenvalue weighted by atomic mass is 10.2. The van der Waals surface area contributed by atoms with Crippen molar-refractivity contribution in [2.45, 2.75) is 25.3 Å². The number of nitrogens with one attached hydrogen (secondary N) is 2. The summed E-state index contributed by atoms with van der Waals surface area (Å²) in [4.78, 5) is 41.7. The van der Waals surface area contributed by atoms with Gasteiger partial charge in [-0.1, -0.05) is 0 Å². The Labute approximate surface area is 219 Å². The number of aromatic nitrogens is 6. The van der Waals surface area contributed by atoms with E-state index in [0.29, 0.717) is 12.4 Å². The highest BCUT2D eigenvalue weighted by molar-refractivity contribution is 5.96. The molecule has 1 saturated heterocycles. The second-order valence-corrected chi connectivity index (χ2v) is 8.40. The number of halogens is 7. The summed E-state index contributed by atoms with van der Waals surface area (Å²) in [5.74, 6) is -2.55. The summed E-state index contributed by atoms with van der Waals surface area (Å²) in [6, 6.07) is -0.892. The molecule has 1 fully saturated rings. The molecule has 3 aromatic rings. The zero-order valence-corrected chi connectivity index (χ0v) is 20.2. The summed E-state index contributed by atoms with van der Waals surface area (Å²) < 4.78 is 97.5. The van der Waals surface area contributed by atoms with Gasteiger partial charge in [0.15, 0.2) is 0 Å². The second kappa shape index (κ2) is 10.9. The molecule has 0 aromatic carbocycles. The Kier molecular flexibility index (Phi) is 7.74. The Bertz CT molecular complexity index is 1430. The van der Waals surface area contributed by atoms with Crippen LogP contribution in [-0.4, -0.2) is 68.3 Å². The largest absolute Gasteiger partial charge is 0.473 e. The summed E-state index contributed by atoms with van der Waals surface area (Å²) in [7, 11) is 0. The zero-order valence-electron chi connectivity index (χ0n) is 20.2. The number of hydrogen-bond acceptors (Lipinski definition) is 10. The number of carbonyl (C=O) groups excluding carboxylic acids is 1. The van der Waals surface area contributed by atoms with Gasteiger partial charge in [-0.2, -0.15) is 40.8 Å². The van der Waals surface area contributed by atoms with Crippen molar-refractivity contribution in [3.8, 4) is 5.88 Å². The van der Waals surface area contributed by atoms with Crippen LogP contribution >= 0.6 is 0 Å². The minimum Gasteiger partial charge on any atom is -0.473 e. The van der Waals surface area contributed by atoms with E-state index in [1.165, 1.54) is 11.8 Å². The first kappa shape index (κ1) is 28.4. The maximum absolute atomic E-state index is 14.3. The fraction of sp³-hybridized carbons (Fsp3) is 0.381. The van der Waals surface area contributed by atoms with E-state index in [1.807, 2.05) is 0 Å². The first-order valence-corrected chi connectivity index (χ1v) is 11.3. The third-order valence-corrected chi connectivity index (χ3v) is 5.42. The van der Waals surface area contributed by atoms with Crippen molar-refractivity contribution >= 4 is 23.5 Å². The Morgan fingerprint density at radius 2 is 1.68 bits per heavy atom. The molecule has 2 N–H and O–H groups in total.